The van der Waals surface area contributed by atoms with Crippen molar-refractivity contribution in [1.82, 2.24) is 4.98 Å². The van der Waals surface area contributed by atoms with Crippen molar-refractivity contribution < 1.29 is 9.15 Å². The smallest absolute Gasteiger partial charge is 0.227 e. The summed E-state index contributed by atoms with van der Waals surface area (Å²) in [7, 11) is 1.64. The van der Waals surface area contributed by atoms with Crippen molar-refractivity contribution in [3.63, 3.8) is 0 Å². The highest BCUT2D eigenvalue weighted by atomic mass is 16.5. The minimum atomic E-state index is -0.485. The van der Waals surface area contributed by atoms with Gasteiger partial charge < -0.3 is 20.6 Å². The van der Waals surface area contributed by atoms with Gasteiger partial charge >= 0.3 is 0 Å². The first kappa shape index (κ1) is 18.5. The molecule has 30 heavy (non-hydrogen) atoms. The van der Waals surface area contributed by atoms with Crippen molar-refractivity contribution in [3.8, 4) is 17.2 Å². The minimum Gasteiger partial charge on any atom is -0.497 e. The molecule has 0 bridgehead atoms. The predicted molar refractivity (Wildman–Crippen MR) is 118 cm³/mol. The van der Waals surface area contributed by atoms with Gasteiger partial charge in [0.2, 0.25) is 17.8 Å². The molecule has 1 saturated carbocycles. The van der Waals surface area contributed by atoms with Crippen molar-refractivity contribution in [2.75, 3.05) is 12.0 Å². The maximum atomic E-state index is 6.34. The number of hydrogen-bond acceptors (Lipinski definition) is 8. The van der Waals surface area contributed by atoms with E-state index in [9.17, 15) is 0 Å². The average molecular weight is 404 g/mol. The van der Waals surface area contributed by atoms with Crippen molar-refractivity contribution in [3.05, 3.63) is 42.5 Å². The molecule has 3 aromatic rings. The fourth-order valence-electron chi connectivity index (χ4n) is 4.43. The molecule has 0 atom stereocenters. The summed E-state index contributed by atoms with van der Waals surface area (Å²) in [6.07, 6.45) is 5.11. The Labute approximate surface area is 174 Å². The van der Waals surface area contributed by atoms with Crippen LogP contribution in [0.3, 0.4) is 0 Å². The number of nitrogens with zero attached hydrogens (tertiary/aromatic N) is 4. The monoisotopic (exact) mass is 404 g/mol. The van der Waals surface area contributed by atoms with Gasteiger partial charge in [-0.1, -0.05) is 12.5 Å². The second kappa shape index (κ2) is 7.05. The van der Waals surface area contributed by atoms with Gasteiger partial charge in [-0.15, -0.1) is 0 Å². The lowest BCUT2D eigenvalue weighted by Gasteiger charge is -2.45. The van der Waals surface area contributed by atoms with Crippen LogP contribution < -0.4 is 21.1 Å². The maximum Gasteiger partial charge on any atom is 0.227 e. The zero-order valence-corrected chi connectivity index (χ0v) is 16.8. The molecule has 154 valence electrons. The highest BCUT2D eigenvalue weighted by molar-refractivity contribution is 6.06. The summed E-state index contributed by atoms with van der Waals surface area (Å²) in [6.45, 7) is 0. The predicted octanol–water partition coefficient (Wildman–Crippen LogP) is 3.61. The van der Waals surface area contributed by atoms with Crippen LogP contribution in [-0.4, -0.2) is 29.7 Å². The van der Waals surface area contributed by atoms with Gasteiger partial charge in [0.15, 0.2) is 5.58 Å². The summed E-state index contributed by atoms with van der Waals surface area (Å²) >= 11 is 0. The normalized spacial score (nSPS) is 18.4. The zero-order valence-electron chi connectivity index (χ0n) is 16.8. The molecule has 2 heterocycles. The lowest BCUT2D eigenvalue weighted by Crippen LogP contribution is -2.58. The number of benzene rings is 2. The third-order valence-electron chi connectivity index (χ3n) is 5.80. The molecule has 5 rings (SSSR count). The van der Waals surface area contributed by atoms with Crippen LogP contribution in [0.25, 0.3) is 22.6 Å². The Kier molecular flexibility index (Phi) is 4.34. The summed E-state index contributed by atoms with van der Waals surface area (Å²) in [5.74, 6) is 1.90. The second-order valence-corrected chi connectivity index (χ2v) is 7.72. The molecular weight excluding hydrogens is 380 g/mol. The number of aliphatic imine (C=N–C) groups is 2. The van der Waals surface area contributed by atoms with Gasteiger partial charge in [-0.2, -0.15) is 4.99 Å². The van der Waals surface area contributed by atoms with Crippen molar-refractivity contribution in [2.45, 2.75) is 37.8 Å². The Balaban J connectivity index is 1.56. The van der Waals surface area contributed by atoms with Gasteiger partial charge in [-0.3, -0.25) is 4.90 Å². The van der Waals surface area contributed by atoms with Crippen LogP contribution in [0.5, 0.6) is 5.75 Å². The second-order valence-electron chi connectivity index (χ2n) is 7.72. The first-order chi connectivity index (χ1) is 14.6. The highest BCUT2D eigenvalue weighted by Crippen LogP contribution is 2.40. The van der Waals surface area contributed by atoms with Crippen molar-refractivity contribution in [1.29, 1.82) is 0 Å². The van der Waals surface area contributed by atoms with Crippen LogP contribution in [0.15, 0.2) is 56.9 Å². The van der Waals surface area contributed by atoms with Crippen LogP contribution in [0.4, 0.5) is 5.69 Å². The SMILES string of the molecule is COc1cccc(-c2nc3cc(N4C(N)=NC(N)=NC45CCCCC5)ccc3o2)c1. The van der Waals surface area contributed by atoms with E-state index in [0.717, 1.165) is 48.2 Å². The first-order valence-electron chi connectivity index (χ1n) is 10.1. The van der Waals surface area contributed by atoms with Crippen LogP contribution in [0, 0.1) is 0 Å². The molecule has 2 aromatic carbocycles. The van der Waals surface area contributed by atoms with E-state index in [1.165, 1.54) is 6.42 Å². The molecule has 0 amide bonds. The Bertz CT molecular complexity index is 1160. The molecule has 8 heteroatoms. The summed E-state index contributed by atoms with van der Waals surface area (Å²) in [4.78, 5) is 15.7. The number of ether oxygens (including phenoxy) is 1. The number of hydrogen-bond donors (Lipinski definition) is 2. The van der Waals surface area contributed by atoms with E-state index in [-0.39, 0.29) is 5.96 Å². The largest absolute Gasteiger partial charge is 0.497 e. The van der Waals surface area contributed by atoms with Crippen LogP contribution >= 0.6 is 0 Å². The van der Waals surface area contributed by atoms with Crippen LogP contribution in [0.1, 0.15) is 32.1 Å². The Morgan fingerprint density at radius 3 is 2.70 bits per heavy atom. The molecule has 1 fully saturated rings. The molecule has 4 N–H and O–H groups in total. The molecule has 1 aliphatic heterocycles. The molecule has 2 aliphatic rings. The van der Waals surface area contributed by atoms with Gasteiger partial charge in [0.1, 0.15) is 16.9 Å². The van der Waals surface area contributed by atoms with E-state index in [4.69, 9.17) is 30.6 Å². The number of aromatic nitrogens is 1. The van der Waals surface area contributed by atoms with E-state index in [2.05, 4.69) is 4.99 Å². The van der Waals surface area contributed by atoms with E-state index >= 15 is 0 Å². The highest BCUT2D eigenvalue weighted by Gasteiger charge is 2.42. The van der Waals surface area contributed by atoms with E-state index in [1.54, 1.807) is 7.11 Å². The van der Waals surface area contributed by atoms with E-state index < -0.39 is 5.66 Å². The third-order valence-corrected chi connectivity index (χ3v) is 5.80. The summed E-state index contributed by atoms with van der Waals surface area (Å²) in [5.41, 5.74) is 15.0. The Morgan fingerprint density at radius 1 is 1.07 bits per heavy atom. The standard InChI is InChI=1S/C22H24N6O2/c1-29-16-7-5-6-14(12-16)19-25-17-13-15(8-9-18(17)30-19)28-21(24)26-20(23)27-22(28)10-3-2-4-11-22/h5-9,12-13H,2-4,10-11H2,1H3,(H4,23,24,26,27). The van der Waals surface area contributed by atoms with Gasteiger partial charge in [0.25, 0.3) is 0 Å². The number of methoxy groups -OCH3 is 1. The molecule has 1 spiro atoms. The van der Waals surface area contributed by atoms with Gasteiger partial charge in [0, 0.05) is 11.3 Å². The van der Waals surface area contributed by atoms with Gasteiger partial charge in [-0.05, 0) is 62.1 Å². The molecule has 1 aromatic heterocycles. The first-order valence-corrected chi connectivity index (χ1v) is 10.1. The van der Waals surface area contributed by atoms with Gasteiger partial charge in [-0.25, -0.2) is 9.98 Å². The minimum absolute atomic E-state index is 0.244. The van der Waals surface area contributed by atoms with E-state index in [0.29, 0.717) is 17.4 Å². The van der Waals surface area contributed by atoms with Crippen molar-refractivity contribution >= 4 is 28.7 Å². The maximum absolute atomic E-state index is 6.34. The molecule has 8 nitrogen and oxygen atoms in total. The summed E-state index contributed by atoms with van der Waals surface area (Å²) in [5, 5.41) is 0. The molecule has 1 aliphatic carbocycles. The Hall–Kier alpha value is -3.55. The number of fused-ring (bicyclic) bond motifs is 1. The number of oxazole rings is 1. The lowest BCUT2D eigenvalue weighted by molar-refractivity contribution is 0.305. The van der Waals surface area contributed by atoms with E-state index in [1.807, 2.05) is 47.4 Å². The number of guanidine groups is 2. The third kappa shape index (κ3) is 3.04. The number of anilines is 1. The average Bonchev–Trinajstić information content (AvgIpc) is 3.17. The molecule has 0 unspecified atom stereocenters. The fraction of sp³-hybridized carbons (Fsp3) is 0.318. The van der Waals surface area contributed by atoms with Gasteiger partial charge in [0.05, 0.1) is 7.11 Å². The summed E-state index contributed by atoms with van der Waals surface area (Å²) in [6, 6.07) is 13.5. The lowest BCUT2D eigenvalue weighted by atomic mass is 9.87. The number of nitrogens with two attached hydrogens (primary N) is 2. The topological polar surface area (TPSA) is 115 Å². The van der Waals surface area contributed by atoms with Crippen molar-refractivity contribution in [2.24, 2.45) is 21.5 Å². The van der Waals surface area contributed by atoms with Crippen LogP contribution in [0.2, 0.25) is 0 Å². The quantitative estimate of drug-likeness (QED) is 0.689. The van der Waals surface area contributed by atoms with Crippen LogP contribution in [-0.2, 0) is 0 Å². The molecular formula is C22H24N6O2. The summed E-state index contributed by atoms with van der Waals surface area (Å²) < 4.78 is 11.3. The Morgan fingerprint density at radius 2 is 1.90 bits per heavy atom. The number of rotatable bonds is 3. The molecule has 0 radical (unpaired) electrons. The zero-order chi connectivity index (χ0) is 20.7. The molecule has 0 saturated heterocycles. The fourth-order valence-corrected chi connectivity index (χ4v) is 4.43.